The van der Waals surface area contributed by atoms with Crippen LogP contribution < -0.4 is 5.49 Å². The van der Waals surface area contributed by atoms with E-state index >= 15 is 0 Å². The van der Waals surface area contributed by atoms with Crippen LogP contribution >= 0.6 is 31.9 Å². The molecule has 0 bridgehead atoms. The van der Waals surface area contributed by atoms with Gasteiger partial charge in [-0.05, 0) is 43.5 Å². The van der Waals surface area contributed by atoms with Gasteiger partial charge >= 0.3 is 0 Å². The second-order valence-corrected chi connectivity index (χ2v) is 4.93. The molecular weight excluding hydrogens is 352 g/mol. The molecule has 0 unspecified atom stereocenters. The van der Waals surface area contributed by atoms with Crippen LogP contribution in [0, 0.1) is 0 Å². The molecule has 0 aliphatic carbocycles. The van der Waals surface area contributed by atoms with Gasteiger partial charge < -0.3 is 9.77 Å². The lowest BCUT2D eigenvalue weighted by Crippen LogP contribution is -2.13. The first-order chi connectivity index (χ1) is 8.20. The van der Waals surface area contributed by atoms with E-state index in [4.69, 9.17) is 5.21 Å². The molecule has 0 aliphatic heterocycles. The molecule has 88 valence electrons. The number of hydrogen-bond acceptors (Lipinski definition) is 4. The summed E-state index contributed by atoms with van der Waals surface area (Å²) in [6, 6.07) is 3.56. The van der Waals surface area contributed by atoms with Crippen molar-refractivity contribution in [3.05, 3.63) is 51.0 Å². The van der Waals surface area contributed by atoms with Crippen LogP contribution in [0.25, 0.3) is 0 Å². The Kier molecular flexibility index (Phi) is 3.90. The highest BCUT2D eigenvalue weighted by Gasteiger charge is 2.02. The van der Waals surface area contributed by atoms with Crippen LogP contribution in [-0.4, -0.2) is 19.7 Å². The van der Waals surface area contributed by atoms with Crippen molar-refractivity contribution in [3.63, 3.8) is 0 Å². The lowest BCUT2D eigenvalue weighted by molar-refractivity contribution is 0.298. The van der Waals surface area contributed by atoms with Crippen LogP contribution in [0.1, 0.15) is 5.56 Å². The Morgan fingerprint density at radius 1 is 1.41 bits per heavy atom. The molecule has 0 fully saturated rings. The van der Waals surface area contributed by atoms with Crippen molar-refractivity contribution in [3.8, 4) is 0 Å². The molecule has 0 aromatic carbocycles. The molecule has 17 heavy (non-hydrogen) atoms. The van der Waals surface area contributed by atoms with Crippen LogP contribution in [-0.2, 0) is 6.54 Å². The molecule has 0 aliphatic rings. The van der Waals surface area contributed by atoms with Gasteiger partial charge in [0.25, 0.3) is 0 Å². The molecule has 2 heterocycles. The summed E-state index contributed by atoms with van der Waals surface area (Å²) >= 11 is 6.83. The molecular formula is C10H8Br2N4O. The minimum Gasteiger partial charge on any atom is -0.409 e. The first-order valence-corrected chi connectivity index (χ1v) is 6.28. The smallest absolute Gasteiger partial charge is 0.195 e. The summed E-state index contributed by atoms with van der Waals surface area (Å²) in [5.74, 6) is 0. The number of pyridine rings is 1. The predicted molar refractivity (Wildman–Crippen MR) is 68.3 cm³/mol. The fourth-order valence-electron chi connectivity index (χ4n) is 1.30. The zero-order valence-electron chi connectivity index (χ0n) is 8.59. The van der Waals surface area contributed by atoms with Gasteiger partial charge in [-0.25, -0.2) is 4.98 Å². The van der Waals surface area contributed by atoms with E-state index < -0.39 is 0 Å². The molecule has 1 N–H and O–H groups in total. The third-order valence-corrected chi connectivity index (χ3v) is 3.55. The standard InChI is InChI=1S/C10H8Br2N4O/c11-8-4-13-2-1-7(8)5-16-6-14-10(15-17)3-9(16)12/h1-4,6,17H,5H2/b15-10+. The Labute approximate surface area is 114 Å². The predicted octanol–water partition coefficient (Wildman–Crippen LogP) is 2.14. The van der Waals surface area contributed by atoms with Gasteiger partial charge in [0.15, 0.2) is 5.49 Å². The maximum atomic E-state index is 8.60. The number of nitrogens with zero attached hydrogens (tertiary/aromatic N) is 4. The minimum atomic E-state index is 0.266. The van der Waals surface area contributed by atoms with Crippen LogP contribution in [0.2, 0.25) is 0 Å². The van der Waals surface area contributed by atoms with E-state index in [0.717, 1.165) is 14.6 Å². The molecule has 7 heteroatoms. The third kappa shape index (κ3) is 2.92. The van der Waals surface area contributed by atoms with E-state index in [1.165, 1.54) is 0 Å². The lowest BCUT2D eigenvalue weighted by atomic mass is 10.3. The molecule has 2 aromatic rings. The Morgan fingerprint density at radius 3 is 2.88 bits per heavy atom. The van der Waals surface area contributed by atoms with Gasteiger partial charge in [-0.2, -0.15) is 0 Å². The van der Waals surface area contributed by atoms with Crippen LogP contribution in [0.4, 0.5) is 0 Å². The van der Waals surface area contributed by atoms with E-state index in [1.807, 2.05) is 10.6 Å². The molecule has 5 nitrogen and oxygen atoms in total. The Bertz CT molecular complexity index is 597. The molecule has 0 saturated heterocycles. The van der Waals surface area contributed by atoms with Crippen molar-refractivity contribution in [1.29, 1.82) is 0 Å². The van der Waals surface area contributed by atoms with Crippen LogP contribution in [0.3, 0.4) is 0 Å². The quantitative estimate of drug-likeness (QED) is 0.507. The zero-order chi connectivity index (χ0) is 12.3. The number of halogens is 2. The van der Waals surface area contributed by atoms with Crippen molar-refractivity contribution >= 4 is 31.9 Å². The van der Waals surface area contributed by atoms with Crippen molar-refractivity contribution in [2.75, 3.05) is 0 Å². The highest BCUT2D eigenvalue weighted by molar-refractivity contribution is 9.10. The van der Waals surface area contributed by atoms with Gasteiger partial charge in [-0.1, -0.05) is 5.16 Å². The minimum absolute atomic E-state index is 0.266. The molecule has 2 aromatic heterocycles. The second kappa shape index (κ2) is 5.42. The first-order valence-electron chi connectivity index (χ1n) is 4.69. The fourth-order valence-corrected chi connectivity index (χ4v) is 2.09. The normalized spacial score (nSPS) is 11.8. The summed E-state index contributed by atoms with van der Waals surface area (Å²) in [5.41, 5.74) is 1.35. The molecule has 0 saturated carbocycles. The van der Waals surface area contributed by atoms with E-state index in [9.17, 15) is 0 Å². The summed E-state index contributed by atoms with van der Waals surface area (Å²) in [6.07, 6.45) is 5.08. The summed E-state index contributed by atoms with van der Waals surface area (Å²) < 4.78 is 3.61. The Hall–Kier alpha value is -1.21. The first kappa shape index (κ1) is 12.3. The highest BCUT2D eigenvalue weighted by atomic mass is 79.9. The van der Waals surface area contributed by atoms with E-state index in [2.05, 4.69) is 47.0 Å². The second-order valence-electron chi connectivity index (χ2n) is 3.26. The number of rotatable bonds is 2. The molecule has 0 amide bonds. The summed E-state index contributed by atoms with van der Waals surface area (Å²) in [6.45, 7) is 0.641. The monoisotopic (exact) mass is 358 g/mol. The van der Waals surface area contributed by atoms with E-state index in [0.29, 0.717) is 6.54 Å². The average molecular weight is 360 g/mol. The highest BCUT2D eigenvalue weighted by Crippen LogP contribution is 2.17. The molecule has 0 radical (unpaired) electrons. The van der Waals surface area contributed by atoms with Gasteiger partial charge in [-0.3, -0.25) is 4.98 Å². The molecule has 2 rings (SSSR count). The van der Waals surface area contributed by atoms with Gasteiger partial charge in [0.05, 0.1) is 17.5 Å². The van der Waals surface area contributed by atoms with Gasteiger partial charge in [0.1, 0.15) is 0 Å². The molecule has 0 spiro atoms. The number of aromatic nitrogens is 3. The fraction of sp³-hybridized carbons (Fsp3) is 0.100. The lowest BCUT2D eigenvalue weighted by Gasteiger charge is -2.09. The summed E-state index contributed by atoms with van der Waals surface area (Å²) in [5, 5.41) is 11.6. The Morgan fingerprint density at radius 2 is 2.24 bits per heavy atom. The zero-order valence-corrected chi connectivity index (χ0v) is 11.8. The van der Waals surface area contributed by atoms with Crippen LogP contribution in [0.15, 0.2) is 45.1 Å². The van der Waals surface area contributed by atoms with Gasteiger partial charge in [0.2, 0.25) is 0 Å². The average Bonchev–Trinajstić information content (AvgIpc) is 2.34. The van der Waals surface area contributed by atoms with Crippen molar-refractivity contribution in [1.82, 2.24) is 14.5 Å². The van der Waals surface area contributed by atoms with Gasteiger partial charge in [0, 0.05) is 22.9 Å². The SMILES string of the molecule is O/N=c1\cc(Br)n(Cc2ccncc2Br)cn1. The maximum Gasteiger partial charge on any atom is 0.195 e. The summed E-state index contributed by atoms with van der Waals surface area (Å²) in [7, 11) is 0. The maximum absolute atomic E-state index is 8.60. The number of hydrogen-bond donors (Lipinski definition) is 1. The van der Waals surface area contributed by atoms with E-state index in [1.54, 1.807) is 24.8 Å². The van der Waals surface area contributed by atoms with Crippen molar-refractivity contribution in [2.24, 2.45) is 5.16 Å². The Balaban J connectivity index is 2.34. The topological polar surface area (TPSA) is 63.3 Å². The van der Waals surface area contributed by atoms with Gasteiger partial charge in [-0.15, -0.1) is 0 Å². The summed E-state index contributed by atoms with van der Waals surface area (Å²) in [4.78, 5) is 7.97. The third-order valence-electron chi connectivity index (χ3n) is 2.15. The van der Waals surface area contributed by atoms with Crippen molar-refractivity contribution in [2.45, 2.75) is 6.54 Å². The molecule has 0 atom stereocenters. The van der Waals surface area contributed by atoms with E-state index in [-0.39, 0.29) is 5.49 Å². The largest absolute Gasteiger partial charge is 0.409 e. The van der Waals surface area contributed by atoms with Crippen LogP contribution in [0.5, 0.6) is 0 Å². The van der Waals surface area contributed by atoms with Crippen molar-refractivity contribution < 1.29 is 5.21 Å².